The Balaban J connectivity index is 1.58. The summed E-state index contributed by atoms with van der Waals surface area (Å²) in [6.45, 7) is 2.85. The number of aliphatic hydroxyl groups is 8. The zero-order valence-electron chi connectivity index (χ0n) is 66.4. The molecule has 0 aromatic carbocycles. The quantitative estimate of drug-likeness (QED) is 0.0204. The van der Waals surface area contributed by atoms with E-state index in [0.717, 1.165) is 44.9 Å². The molecule has 0 bridgehead atoms. The maximum absolute atomic E-state index is 13.4. The Morgan fingerprint density at radius 3 is 0.961 bits per heavy atom. The van der Waals surface area contributed by atoms with Gasteiger partial charge in [0.15, 0.2) is 12.6 Å². The van der Waals surface area contributed by atoms with Crippen LogP contribution in [0.4, 0.5) is 0 Å². The Kier molecular flexibility index (Phi) is 68.1. The van der Waals surface area contributed by atoms with E-state index in [1.54, 1.807) is 6.08 Å². The minimum absolute atomic E-state index is 0.244. The molecule has 102 heavy (non-hydrogen) atoms. The second-order valence-electron chi connectivity index (χ2n) is 31.4. The molecule has 2 rings (SSSR count). The number of aliphatic hydroxyl groups excluding tert-OH is 8. The van der Waals surface area contributed by atoms with Crippen LogP contribution in [0.25, 0.3) is 0 Å². The van der Waals surface area contributed by atoms with Gasteiger partial charge in [-0.1, -0.05) is 410 Å². The first-order valence-corrected chi connectivity index (χ1v) is 44.2. The standard InChI is InChI=1S/C88H167NO13/c1-3-5-7-9-11-13-15-17-19-21-23-25-27-29-31-33-35-36-37-38-39-40-42-44-46-48-50-52-54-56-58-60-62-64-66-68-70-72-80(93)89-76(75-99-87-85(98)83(96)86(79(74-91)101-87)102-88-84(97)82(95)81(94)78(73-90)100-88)77(92)71-69-67-65-63-61-59-57-55-53-51-49-47-45-43-41-34-32-30-28-26-24-22-20-18-16-14-12-10-8-6-4-2/h53,55,61,63,69,71,76-79,81-88,90-92,94-98H,3-52,54,56-60,62,64-68,70,72-75H2,1-2H3,(H,89,93)/b55-53+,63-61+,71-69+. The van der Waals surface area contributed by atoms with Crippen molar-refractivity contribution in [3.05, 3.63) is 36.5 Å². The molecule has 0 aliphatic carbocycles. The highest BCUT2D eigenvalue weighted by molar-refractivity contribution is 5.76. The molecule has 14 heteroatoms. The van der Waals surface area contributed by atoms with Crippen LogP contribution in [0.3, 0.4) is 0 Å². The number of allylic oxidation sites excluding steroid dienone is 5. The van der Waals surface area contributed by atoms with Gasteiger partial charge in [-0.2, -0.15) is 0 Å². The van der Waals surface area contributed by atoms with Crippen LogP contribution in [0.5, 0.6) is 0 Å². The number of nitrogens with one attached hydrogen (secondary N) is 1. The topological polar surface area (TPSA) is 228 Å². The molecule has 1 amide bonds. The molecule has 2 saturated heterocycles. The molecule has 9 N–H and O–H groups in total. The van der Waals surface area contributed by atoms with Crippen molar-refractivity contribution in [3.8, 4) is 0 Å². The van der Waals surface area contributed by atoms with E-state index in [1.165, 1.54) is 347 Å². The predicted molar refractivity (Wildman–Crippen MR) is 425 cm³/mol. The molecule has 14 nitrogen and oxygen atoms in total. The molecule has 0 spiro atoms. The zero-order valence-corrected chi connectivity index (χ0v) is 66.4. The second-order valence-corrected chi connectivity index (χ2v) is 31.4. The van der Waals surface area contributed by atoms with Crippen LogP contribution in [-0.4, -0.2) is 140 Å². The van der Waals surface area contributed by atoms with Crippen LogP contribution in [0.15, 0.2) is 36.5 Å². The summed E-state index contributed by atoms with van der Waals surface area (Å²) in [4.78, 5) is 13.4. The van der Waals surface area contributed by atoms with Gasteiger partial charge in [-0.25, -0.2) is 0 Å². The van der Waals surface area contributed by atoms with Crippen molar-refractivity contribution in [3.63, 3.8) is 0 Å². The van der Waals surface area contributed by atoms with Crippen molar-refractivity contribution in [1.82, 2.24) is 5.32 Å². The lowest BCUT2D eigenvalue weighted by atomic mass is 9.97. The predicted octanol–water partition coefficient (Wildman–Crippen LogP) is 21.1. The van der Waals surface area contributed by atoms with Gasteiger partial charge in [-0.15, -0.1) is 0 Å². The number of unbranched alkanes of at least 4 members (excludes halogenated alkanes) is 59. The van der Waals surface area contributed by atoms with Gasteiger partial charge in [0.1, 0.15) is 48.8 Å². The van der Waals surface area contributed by atoms with E-state index in [0.29, 0.717) is 12.8 Å². The third kappa shape index (κ3) is 53.9. The van der Waals surface area contributed by atoms with Crippen LogP contribution in [0.2, 0.25) is 0 Å². The Morgan fingerprint density at radius 2 is 0.627 bits per heavy atom. The highest BCUT2D eigenvalue weighted by Crippen LogP contribution is 2.31. The highest BCUT2D eigenvalue weighted by atomic mass is 16.7. The summed E-state index contributed by atoms with van der Waals surface area (Å²) in [7, 11) is 0. The highest BCUT2D eigenvalue weighted by Gasteiger charge is 2.51. The van der Waals surface area contributed by atoms with Crippen molar-refractivity contribution >= 4 is 5.91 Å². The number of hydrogen-bond acceptors (Lipinski definition) is 13. The fourth-order valence-corrected chi connectivity index (χ4v) is 14.9. The van der Waals surface area contributed by atoms with E-state index in [4.69, 9.17) is 18.9 Å². The first-order chi connectivity index (χ1) is 50.1. The van der Waals surface area contributed by atoms with Crippen LogP contribution >= 0.6 is 0 Å². The molecule has 0 aromatic rings. The van der Waals surface area contributed by atoms with Crippen LogP contribution in [0.1, 0.15) is 425 Å². The molecule has 0 saturated carbocycles. The number of carbonyl (C=O) groups is 1. The average molecular weight is 1450 g/mol. The number of carbonyl (C=O) groups excluding carboxylic acids is 1. The lowest BCUT2D eigenvalue weighted by Gasteiger charge is -2.46. The zero-order chi connectivity index (χ0) is 73.7. The van der Waals surface area contributed by atoms with E-state index in [2.05, 4.69) is 43.5 Å². The lowest BCUT2D eigenvalue weighted by Crippen LogP contribution is -2.65. The molecule has 2 heterocycles. The van der Waals surface area contributed by atoms with Gasteiger partial charge in [0, 0.05) is 6.42 Å². The summed E-state index contributed by atoms with van der Waals surface area (Å²) in [5, 5.41) is 87.8. The molecular weight excluding hydrogens is 1280 g/mol. The molecular formula is C88H167NO13. The van der Waals surface area contributed by atoms with Gasteiger partial charge in [-0.3, -0.25) is 4.79 Å². The van der Waals surface area contributed by atoms with Gasteiger partial charge < -0.3 is 65.1 Å². The van der Waals surface area contributed by atoms with Crippen molar-refractivity contribution in [2.24, 2.45) is 0 Å². The molecule has 2 fully saturated rings. The summed E-state index contributed by atoms with van der Waals surface area (Å²) >= 11 is 0. The minimum Gasteiger partial charge on any atom is -0.394 e. The normalized spacial score (nSPS) is 21.7. The summed E-state index contributed by atoms with van der Waals surface area (Å²) in [5.74, 6) is -0.244. The Hall–Kier alpha value is -1.79. The molecule has 0 radical (unpaired) electrons. The Morgan fingerprint density at radius 1 is 0.343 bits per heavy atom. The van der Waals surface area contributed by atoms with E-state index in [1.807, 2.05) is 6.08 Å². The van der Waals surface area contributed by atoms with Gasteiger partial charge in [-0.05, 0) is 44.9 Å². The number of rotatable bonds is 76. The molecule has 2 aliphatic heterocycles. The monoisotopic (exact) mass is 1450 g/mol. The number of amides is 1. The molecule has 12 atom stereocenters. The summed E-state index contributed by atoms with van der Waals surface area (Å²) in [6, 6.07) is -0.939. The van der Waals surface area contributed by atoms with E-state index >= 15 is 0 Å². The van der Waals surface area contributed by atoms with E-state index in [9.17, 15) is 45.6 Å². The number of hydrogen-bond donors (Lipinski definition) is 9. The maximum atomic E-state index is 13.4. The summed E-state index contributed by atoms with van der Waals surface area (Å²) < 4.78 is 22.9. The molecule has 0 aromatic heterocycles. The first-order valence-electron chi connectivity index (χ1n) is 44.2. The Bertz CT molecular complexity index is 1850. The fourth-order valence-electron chi connectivity index (χ4n) is 14.9. The Labute approximate surface area is 627 Å². The molecule has 602 valence electrons. The maximum Gasteiger partial charge on any atom is 0.220 e. The van der Waals surface area contributed by atoms with Gasteiger partial charge in [0.25, 0.3) is 0 Å². The van der Waals surface area contributed by atoms with E-state index < -0.39 is 86.8 Å². The minimum atomic E-state index is -1.79. The van der Waals surface area contributed by atoms with E-state index in [-0.39, 0.29) is 18.9 Å². The van der Waals surface area contributed by atoms with Crippen molar-refractivity contribution in [2.45, 2.75) is 498 Å². The van der Waals surface area contributed by atoms with Crippen molar-refractivity contribution < 1.29 is 64.6 Å². The summed E-state index contributed by atoms with van der Waals surface area (Å²) in [6.07, 6.45) is 79.9. The second kappa shape index (κ2) is 72.1. The average Bonchev–Trinajstić information content (AvgIpc) is 0.790. The van der Waals surface area contributed by atoms with Gasteiger partial charge >= 0.3 is 0 Å². The smallest absolute Gasteiger partial charge is 0.220 e. The number of ether oxygens (including phenoxy) is 4. The largest absolute Gasteiger partial charge is 0.394 e. The van der Waals surface area contributed by atoms with Gasteiger partial charge in [0.2, 0.25) is 5.91 Å². The van der Waals surface area contributed by atoms with Crippen molar-refractivity contribution in [2.75, 3.05) is 19.8 Å². The summed E-state index contributed by atoms with van der Waals surface area (Å²) in [5.41, 5.74) is 0. The fraction of sp³-hybridized carbons (Fsp3) is 0.920. The van der Waals surface area contributed by atoms with Crippen LogP contribution < -0.4 is 5.32 Å². The molecule has 12 unspecified atom stereocenters. The first kappa shape index (κ1) is 96.3. The molecule has 2 aliphatic rings. The lowest BCUT2D eigenvalue weighted by molar-refractivity contribution is -0.359. The van der Waals surface area contributed by atoms with Gasteiger partial charge in [0.05, 0.1) is 32.0 Å². The SMILES string of the molecule is CCCCCCCCCCCCCCCCCCCCCCC/C=C/CC/C=C/CC/C=C/C(O)C(COC1OC(CO)C(OC2OC(CO)C(O)C(O)C2O)C(O)C1O)NC(=O)CCCCCCCCCCCCCCCCCCCCCCCCCCCCCCCCCCCCCCC. The third-order valence-corrected chi connectivity index (χ3v) is 21.8. The van der Waals surface area contributed by atoms with Crippen molar-refractivity contribution in [1.29, 1.82) is 0 Å². The van der Waals surface area contributed by atoms with Crippen LogP contribution in [-0.2, 0) is 23.7 Å². The van der Waals surface area contributed by atoms with Crippen LogP contribution in [0, 0.1) is 0 Å². The third-order valence-electron chi connectivity index (χ3n) is 21.8.